The third kappa shape index (κ3) is 6.28. The first-order valence-corrected chi connectivity index (χ1v) is 9.83. The van der Waals surface area contributed by atoms with E-state index in [0.717, 1.165) is 30.4 Å². The molecule has 0 atom stereocenters. The third-order valence-electron chi connectivity index (χ3n) is 4.55. The van der Waals surface area contributed by atoms with Gasteiger partial charge in [0.15, 0.2) is 5.57 Å². The molecule has 2 rings (SSSR count). The normalized spacial score (nSPS) is 11.4. The van der Waals surface area contributed by atoms with Crippen LogP contribution in [-0.4, -0.2) is 17.7 Å². The van der Waals surface area contributed by atoms with Gasteiger partial charge in [-0.1, -0.05) is 93.6 Å². The van der Waals surface area contributed by atoms with Crippen molar-refractivity contribution in [1.82, 2.24) is 0 Å². The average molecular weight is 377 g/mol. The van der Waals surface area contributed by atoms with Crippen LogP contribution in [0.25, 0.3) is 16.9 Å². The van der Waals surface area contributed by atoms with E-state index in [-0.39, 0.29) is 17.9 Å². The van der Waals surface area contributed by atoms with Crippen LogP contribution in [0.5, 0.6) is 0 Å². The lowest BCUT2D eigenvalue weighted by molar-refractivity contribution is -0.138. The third-order valence-corrected chi connectivity index (χ3v) is 4.55. The molecule has 4 nitrogen and oxygen atoms in total. The van der Waals surface area contributed by atoms with Gasteiger partial charge in [0.1, 0.15) is 11.8 Å². The number of benzene rings is 2. The fraction of sp³-hybridized carbons (Fsp3) is 0.333. The number of hydrogen-bond acceptors (Lipinski definition) is 4. The van der Waals surface area contributed by atoms with Crippen LogP contribution >= 0.6 is 0 Å². The second-order valence-corrected chi connectivity index (χ2v) is 6.68. The van der Waals surface area contributed by atoms with Gasteiger partial charge < -0.3 is 9.84 Å². The molecule has 1 N–H and O–H groups in total. The van der Waals surface area contributed by atoms with E-state index in [4.69, 9.17) is 4.74 Å². The molecular weight excluding hydrogens is 350 g/mol. The van der Waals surface area contributed by atoms with Gasteiger partial charge in [0, 0.05) is 5.56 Å². The van der Waals surface area contributed by atoms with E-state index < -0.39 is 5.97 Å². The van der Waals surface area contributed by atoms with Crippen LogP contribution in [0.15, 0.2) is 60.2 Å². The molecular formula is C24H27NO3. The molecule has 0 aliphatic carbocycles. The van der Waals surface area contributed by atoms with Gasteiger partial charge in [0.25, 0.3) is 0 Å². The van der Waals surface area contributed by atoms with E-state index in [2.05, 4.69) is 6.92 Å². The molecule has 0 spiro atoms. The maximum Gasteiger partial charge on any atom is 0.352 e. The van der Waals surface area contributed by atoms with E-state index in [0.29, 0.717) is 5.56 Å². The van der Waals surface area contributed by atoms with Crippen LogP contribution in [0.4, 0.5) is 0 Å². The van der Waals surface area contributed by atoms with Crippen LogP contribution < -0.4 is 0 Å². The molecule has 146 valence electrons. The molecule has 0 heterocycles. The number of hydrogen-bond donors (Lipinski definition) is 1. The van der Waals surface area contributed by atoms with Crippen LogP contribution in [-0.2, 0) is 9.53 Å². The largest absolute Gasteiger partial charge is 0.506 e. The molecule has 0 amide bonds. The van der Waals surface area contributed by atoms with Gasteiger partial charge in [-0.15, -0.1) is 0 Å². The summed E-state index contributed by atoms with van der Waals surface area (Å²) in [5, 5.41) is 19.7. The molecule has 0 radical (unpaired) electrons. The maximum atomic E-state index is 12.2. The summed E-state index contributed by atoms with van der Waals surface area (Å²) in [7, 11) is 0. The highest BCUT2D eigenvalue weighted by molar-refractivity contribution is 6.00. The highest BCUT2D eigenvalue weighted by atomic mass is 16.5. The number of carbonyl (C=O) groups excluding carboxylic acids is 1. The number of ether oxygens (including phenoxy) is 1. The van der Waals surface area contributed by atoms with Crippen molar-refractivity contribution in [2.24, 2.45) is 0 Å². The molecule has 2 aromatic carbocycles. The van der Waals surface area contributed by atoms with Gasteiger partial charge in [-0.3, -0.25) is 0 Å². The van der Waals surface area contributed by atoms with Crippen LogP contribution in [0, 0.1) is 11.3 Å². The van der Waals surface area contributed by atoms with Gasteiger partial charge in [0.05, 0.1) is 6.61 Å². The maximum absolute atomic E-state index is 12.2. The smallest absolute Gasteiger partial charge is 0.352 e. The Bertz CT molecular complexity index is 817. The summed E-state index contributed by atoms with van der Waals surface area (Å²) in [6.45, 7) is 2.43. The first-order valence-electron chi connectivity index (χ1n) is 9.83. The molecule has 0 fully saturated rings. The number of unbranched alkanes of at least 4 members (excludes halogenated alkanes) is 5. The second kappa shape index (κ2) is 11.6. The predicted octanol–water partition coefficient (Wildman–Crippen LogP) is 6.05. The summed E-state index contributed by atoms with van der Waals surface area (Å²) < 4.78 is 5.16. The van der Waals surface area contributed by atoms with Gasteiger partial charge in [-0.2, -0.15) is 5.26 Å². The van der Waals surface area contributed by atoms with Crippen LogP contribution in [0.2, 0.25) is 0 Å². The SMILES string of the molecule is CCCCCCCCOC(=O)/C(C#N)=C(\O)c1ccc(-c2ccccc2)cc1. The van der Waals surface area contributed by atoms with Crippen LogP contribution in [0.1, 0.15) is 51.0 Å². The lowest BCUT2D eigenvalue weighted by Gasteiger charge is -2.07. The topological polar surface area (TPSA) is 70.3 Å². The zero-order valence-electron chi connectivity index (χ0n) is 16.4. The summed E-state index contributed by atoms with van der Waals surface area (Å²) in [5.74, 6) is -1.13. The fourth-order valence-electron chi connectivity index (χ4n) is 2.91. The number of esters is 1. The minimum absolute atomic E-state index is 0.260. The molecule has 0 aliphatic heterocycles. The summed E-state index contributed by atoms with van der Waals surface area (Å²) >= 11 is 0. The number of nitrogens with zero attached hydrogens (tertiary/aromatic N) is 1. The Labute approximate surface area is 167 Å². The highest BCUT2D eigenvalue weighted by Crippen LogP contribution is 2.23. The first kappa shape index (κ1) is 21.2. The van der Waals surface area contributed by atoms with Gasteiger partial charge in [-0.05, 0) is 17.5 Å². The van der Waals surface area contributed by atoms with Crippen molar-refractivity contribution in [2.45, 2.75) is 45.4 Å². The zero-order valence-corrected chi connectivity index (χ0v) is 16.4. The number of carbonyl (C=O) groups is 1. The minimum Gasteiger partial charge on any atom is -0.506 e. The Morgan fingerprint density at radius 1 is 0.929 bits per heavy atom. The van der Waals surface area contributed by atoms with E-state index in [1.54, 1.807) is 18.2 Å². The fourth-order valence-corrected chi connectivity index (χ4v) is 2.91. The Kier molecular flexibility index (Phi) is 8.81. The van der Waals surface area contributed by atoms with Crippen molar-refractivity contribution in [2.75, 3.05) is 6.61 Å². The molecule has 2 aromatic rings. The van der Waals surface area contributed by atoms with Gasteiger partial charge in [0.2, 0.25) is 0 Å². The van der Waals surface area contributed by atoms with E-state index in [9.17, 15) is 15.2 Å². The van der Waals surface area contributed by atoms with Crippen molar-refractivity contribution >= 4 is 11.7 Å². The van der Waals surface area contributed by atoms with Crippen molar-refractivity contribution in [3.63, 3.8) is 0 Å². The average Bonchev–Trinajstić information content (AvgIpc) is 2.74. The lowest BCUT2D eigenvalue weighted by atomic mass is 10.0. The second-order valence-electron chi connectivity index (χ2n) is 6.68. The molecule has 4 heteroatoms. The van der Waals surface area contributed by atoms with E-state index >= 15 is 0 Å². The summed E-state index contributed by atoms with van der Waals surface area (Å²) in [5.41, 5.74) is 2.09. The molecule has 28 heavy (non-hydrogen) atoms. The monoisotopic (exact) mass is 377 g/mol. The summed E-state index contributed by atoms with van der Waals surface area (Å²) in [4.78, 5) is 12.2. The molecule has 0 aliphatic rings. The van der Waals surface area contributed by atoms with Crippen molar-refractivity contribution in [3.8, 4) is 17.2 Å². The number of rotatable bonds is 10. The first-order chi connectivity index (χ1) is 13.7. The summed E-state index contributed by atoms with van der Waals surface area (Å²) in [6, 6.07) is 18.7. The van der Waals surface area contributed by atoms with Gasteiger partial charge >= 0.3 is 5.97 Å². The number of aliphatic hydroxyl groups excluding tert-OH is 1. The van der Waals surface area contributed by atoms with Crippen LogP contribution in [0.3, 0.4) is 0 Å². The molecule has 0 saturated heterocycles. The van der Waals surface area contributed by atoms with Crippen molar-refractivity contribution < 1.29 is 14.6 Å². The number of nitriles is 1. The highest BCUT2D eigenvalue weighted by Gasteiger charge is 2.18. The minimum atomic E-state index is -0.777. The van der Waals surface area contributed by atoms with E-state index in [1.165, 1.54) is 19.3 Å². The van der Waals surface area contributed by atoms with Crippen molar-refractivity contribution in [3.05, 3.63) is 65.7 Å². The van der Waals surface area contributed by atoms with Crippen molar-refractivity contribution in [1.29, 1.82) is 5.26 Å². The standard InChI is InChI=1S/C24H27NO3/c1-2-3-4-5-6-10-17-28-24(27)22(18-25)23(26)21-15-13-20(14-16-21)19-11-8-7-9-12-19/h7-9,11-16,26H,2-6,10,17H2,1H3/b23-22-. The molecule has 0 saturated carbocycles. The van der Waals surface area contributed by atoms with E-state index in [1.807, 2.05) is 42.5 Å². The zero-order chi connectivity index (χ0) is 20.2. The predicted molar refractivity (Wildman–Crippen MR) is 111 cm³/mol. The lowest BCUT2D eigenvalue weighted by Crippen LogP contribution is -2.10. The quantitative estimate of drug-likeness (QED) is 0.180. The van der Waals surface area contributed by atoms with Gasteiger partial charge in [-0.25, -0.2) is 4.79 Å². The number of aliphatic hydroxyl groups is 1. The Morgan fingerprint density at radius 2 is 1.54 bits per heavy atom. The molecule has 0 unspecified atom stereocenters. The Hall–Kier alpha value is -3.06. The molecule has 0 bridgehead atoms. The Morgan fingerprint density at radius 3 is 2.18 bits per heavy atom. The summed E-state index contributed by atoms with van der Waals surface area (Å²) in [6.07, 6.45) is 6.47. The Balaban J connectivity index is 1.97. The molecule has 0 aromatic heterocycles.